The van der Waals surface area contributed by atoms with Gasteiger partial charge in [0, 0.05) is 37.4 Å². The minimum absolute atomic E-state index is 0.262. The van der Waals surface area contributed by atoms with Crippen LogP contribution in [0.3, 0.4) is 0 Å². The molecule has 0 bridgehead atoms. The number of carbonyl (C=O) groups excluding carboxylic acids is 1. The van der Waals surface area contributed by atoms with Crippen molar-refractivity contribution in [2.24, 2.45) is 0 Å². The number of benzene rings is 1. The van der Waals surface area contributed by atoms with E-state index >= 15 is 0 Å². The average Bonchev–Trinajstić information content (AvgIpc) is 2.94. The first-order chi connectivity index (χ1) is 9.28. The number of aryl methyl sites for hydroxylation is 1. The first-order valence-electron chi connectivity index (χ1n) is 7.12. The SMILES string of the molecule is CNc1ccc2c(c1)CCC(=O)N2CC1CCCN1. The molecule has 4 nitrogen and oxygen atoms in total. The van der Waals surface area contributed by atoms with Crippen LogP contribution in [0.15, 0.2) is 18.2 Å². The number of amides is 1. The maximum absolute atomic E-state index is 12.2. The predicted molar refractivity (Wildman–Crippen MR) is 77.7 cm³/mol. The Bertz CT molecular complexity index is 480. The number of hydrogen-bond acceptors (Lipinski definition) is 3. The van der Waals surface area contributed by atoms with Gasteiger partial charge in [-0.25, -0.2) is 0 Å². The van der Waals surface area contributed by atoms with Crippen LogP contribution in [-0.2, 0) is 11.2 Å². The lowest BCUT2D eigenvalue weighted by Crippen LogP contribution is -2.43. The normalized spacial score (nSPS) is 22.5. The van der Waals surface area contributed by atoms with E-state index in [4.69, 9.17) is 0 Å². The van der Waals surface area contributed by atoms with Crippen LogP contribution in [-0.4, -0.2) is 32.1 Å². The van der Waals surface area contributed by atoms with Gasteiger partial charge in [0.15, 0.2) is 0 Å². The van der Waals surface area contributed by atoms with Crippen molar-refractivity contribution in [3.63, 3.8) is 0 Å². The van der Waals surface area contributed by atoms with Gasteiger partial charge in [0.05, 0.1) is 0 Å². The molecule has 2 N–H and O–H groups in total. The number of rotatable bonds is 3. The summed E-state index contributed by atoms with van der Waals surface area (Å²) >= 11 is 0. The topological polar surface area (TPSA) is 44.4 Å². The predicted octanol–water partition coefficient (Wildman–Crippen LogP) is 1.76. The monoisotopic (exact) mass is 259 g/mol. The highest BCUT2D eigenvalue weighted by Gasteiger charge is 2.27. The quantitative estimate of drug-likeness (QED) is 0.869. The fraction of sp³-hybridized carbons (Fsp3) is 0.533. The van der Waals surface area contributed by atoms with Gasteiger partial charge in [-0.2, -0.15) is 0 Å². The molecule has 2 aliphatic heterocycles. The van der Waals surface area contributed by atoms with Crippen LogP contribution in [0.2, 0.25) is 0 Å². The molecule has 0 aliphatic carbocycles. The Morgan fingerprint density at radius 1 is 1.42 bits per heavy atom. The standard InChI is InChI=1S/C15H21N3O/c1-16-12-5-6-14-11(9-12)4-7-15(19)18(14)10-13-3-2-8-17-13/h5-6,9,13,16-17H,2-4,7-8,10H2,1H3. The summed E-state index contributed by atoms with van der Waals surface area (Å²) in [4.78, 5) is 14.2. The van der Waals surface area contributed by atoms with E-state index in [1.165, 1.54) is 18.4 Å². The van der Waals surface area contributed by atoms with Crippen LogP contribution in [0.5, 0.6) is 0 Å². The molecule has 1 amide bonds. The fourth-order valence-electron chi connectivity index (χ4n) is 3.05. The van der Waals surface area contributed by atoms with Gasteiger partial charge in [0.1, 0.15) is 0 Å². The van der Waals surface area contributed by atoms with Gasteiger partial charge in [-0.3, -0.25) is 4.79 Å². The number of anilines is 2. The van der Waals surface area contributed by atoms with Crippen molar-refractivity contribution in [3.05, 3.63) is 23.8 Å². The van der Waals surface area contributed by atoms with Crippen LogP contribution in [0.4, 0.5) is 11.4 Å². The third-order valence-corrected chi connectivity index (χ3v) is 4.13. The van der Waals surface area contributed by atoms with Crippen LogP contribution in [0.25, 0.3) is 0 Å². The zero-order valence-corrected chi connectivity index (χ0v) is 11.4. The number of nitrogens with zero attached hydrogens (tertiary/aromatic N) is 1. The van der Waals surface area contributed by atoms with Gasteiger partial charge in [-0.05, 0) is 49.6 Å². The summed E-state index contributed by atoms with van der Waals surface area (Å²) in [5.74, 6) is 0.262. The highest BCUT2D eigenvalue weighted by Crippen LogP contribution is 2.30. The molecule has 0 saturated carbocycles. The summed E-state index contributed by atoms with van der Waals surface area (Å²) in [6.07, 6.45) is 3.89. The second-order valence-corrected chi connectivity index (χ2v) is 5.39. The van der Waals surface area contributed by atoms with Gasteiger partial charge in [-0.1, -0.05) is 0 Å². The molecule has 0 spiro atoms. The maximum atomic E-state index is 12.2. The number of nitrogens with one attached hydrogen (secondary N) is 2. The summed E-state index contributed by atoms with van der Waals surface area (Å²) in [6, 6.07) is 6.75. The average molecular weight is 259 g/mol. The molecule has 1 saturated heterocycles. The molecule has 1 aromatic carbocycles. The van der Waals surface area contributed by atoms with E-state index in [0.717, 1.165) is 30.9 Å². The van der Waals surface area contributed by atoms with Crippen molar-refractivity contribution in [2.45, 2.75) is 31.7 Å². The van der Waals surface area contributed by atoms with Gasteiger partial charge in [0.2, 0.25) is 5.91 Å². The number of fused-ring (bicyclic) bond motifs is 1. The molecule has 1 atom stereocenters. The Morgan fingerprint density at radius 2 is 2.32 bits per heavy atom. The molecule has 0 aromatic heterocycles. The molecule has 3 rings (SSSR count). The summed E-state index contributed by atoms with van der Waals surface area (Å²) < 4.78 is 0. The zero-order valence-electron chi connectivity index (χ0n) is 11.4. The van der Waals surface area contributed by atoms with Crippen molar-refractivity contribution in [1.29, 1.82) is 0 Å². The van der Waals surface area contributed by atoms with Crippen LogP contribution < -0.4 is 15.5 Å². The second kappa shape index (κ2) is 5.21. The van der Waals surface area contributed by atoms with Crippen molar-refractivity contribution in [1.82, 2.24) is 5.32 Å². The Labute approximate surface area is 114 Å². The van der Waals surface area contributed by atoms with Crippen LogP contribution in [0, 0.1) is 0 Å². The lowest BCUT2D eigenvalue weighted by molar-refractivity contribution is -0.119. The largest absolute Gasteiger partial charge is 0.388 e. The molecular formula is C15H21N3O. The highest BCUT2D eigenvalue weighted by atomic mass is 16.2. The summed E-state index contributed by atoms with van der Waals surface area (Å²) in [5.41, 5.74) is 3.50. The van der Waals surface area contributed by atoms with E-state index in [1.807, 2.05) is 18.0 Å². The molecule has 0 radical (unpaired) electrons. The zero-order chi connectivity index (χ0) is 13.2. The van der Waals surface area contributed by atoms with E-state index < -0.39 is 0 Å². The molecule has 102 valence electrons. The lowest BCUT2D eigenvalue weighted by atomic mass is 9.99. The third kappa shape index (κ3) is 2.45. The van der Waals surface area contributed by atoms with Gasteiger partial charge >= 0.3 is 0 Å². The lowest BCUT2D eigenvalue weighted by Gasteiger charge is -2.31. The first-order valence-corrected chi connectivity index (χ1v) is 7.12. The minimum Gasteiger partial charge on any atom is -0.388 e. The number of hydrogen-bond donors (Lipinski definition) is 2. The summed E-state index contributed by atoms with van der Waals surface area (Å²) in [7, 11) is 1.93. The highest BCUT2D eigenvalue weighted by molar-refractivity contribution is 5.96. The smallest absolute Gasteiger partial charge is 0.227 e. The van der Waals surface area contributed by atoms with E-state index in [-0.39, 0.29) is 5.91 Å². The van der Waals surface area contributed by atoms with Crippen molar-refractivity contribution in [3.8, 4) is 0 Å². The first kappa shape index (κ1) is 12.5. The van der Waals surface area contributed by atoms with Gasteiger partial charge < -0.3 is 15.5 Å². The van der Waals surface area contributed by atoms with E-state index in [9.17, 15) is 4.79 Å². The van der Waals surface area contributed by atoms with E-state index in [0.29, 0.717) is 12.5 Å². The van der Waals surface area contributed by atoms with Crippen molar-refractivity contribution in [2.75, 3.05) is 30.4 Å². The maximum Gasteiger partial charge on any atom is 0.227 e. The molecule has 1 unspecified atom stereocenters. The van der Waals surface area contributed by atoms with E-state index in [1.54, 1.807) is 0 Å². The molecular weight excluding hydrogens is 238 g/mol. The minimum atomic E-state index is 0.262. The van der Waals surface area contributed by atoms with Gasteiger partial charge in [-0.15, -0.1) is 0 Å². The summed E-state index contributed by atoms with van der Waals surface area (Å²) in [6.45, 7) is 1.89. The second-order valence-electron chi connectivity index (χ2n) is 5.39. The molecule has 2 heterocycles. The Hall–Kier alpha value is -1.55. The van der Waals surface area contributed by atoms with E-state index in [2.05, 4.69) is 22.8 Å². The van der Waals surface area contributed by atoms with Crippen LogP contribution >= 0.6 is 0 Å². The van der Waals surface area contributed by atoms with Crippen molar-refractivity contribution >= 4 is 17.3 Å². The van der Waals surface area contributed by atoms with Crippen LogP contribution in [0.1, 0.15) is 24.8 Å². The third-order valence-electron chi connectivity index (χ3n) is 4.13. The molecule has 4 heteroatoms. The molecule has 2 aliphatic rings. The fourth-order valence-corrected chi connectivity index (χ4v) is 3.05. The van der Waals surface area contributed by atoms with Crippen molar-refractivity contribution < 1.29 is 4.79 Å². The Balaban J connectivity index is 1.85. The Morgan fingerprint density at radius 3 is 3.05 bits per heavy atom. The Kier molecular flexibility index (Phi) is 3.42. The van der Waals surface area contributed by atoms with Gasteiger partial charge in [0.25, 0.3) is 0 Å². The molecule has 1 aromatic rings. The molecule has 1 fully saturated rings. The number of carbonyl (C=O) groups is 1. The molecule has 19 heavy (non-hydrogen) atoms. The summed E-state index contributed by atoms with van der Waals surface area (Å²) in [5, 5.41) is 6.63.